The number of hydrogen-bond donors (Lipinski definition) is 0. The van der Waals surface area contributed by atoms with Gasteiger partial charge in [0.1, 0.15) is 23.8 Å². The monoisotopic (exact) mass is 322 g/mol. The fourth-order valence-corrected chi connectivity index (χ4v) is 4.00. The van der Waals surface area contributed by atoms with E-state index < -0.39 is 0 Å². The topological polar surface area (TPSA) is 74.6 Å². The molecule has 2 rings (SSSR count). The van der Waals surface area contributed by atoms with Crippen molar-refractivity contribution in [2.24, 2.45) is 23.2 Å². The third kappa shape index (κ3) is 3.32. The predicted molar refractivity (Wildman–Crippen MR) is 93.0 cm³/mol. The summed E-state index contributed by atoms with van der Waals surface area (Å²) in [4.78, 5) is 2.33. The van der Waals surface area contributed by atoms with E-state index in [1.165, 1.54) is 0 Å². The second kappa shape index (κ2) is 6.70. The quantitative estimate of drug-likeness (QED) is 0.680. The van der Waals surface area contributed by atoms with E-state index in [9.17, 15) is 15.8 Å². The molecule has 0 bridgehead atoms. The molecular weight excluding hydrogens is 296 g/mol. The van der Waals surface area contributed by atoms with Gasteiger partial charge in [0.15, 0.2) is 0 Å². The van der Waals surface area contributed by atoms with Gasteiger partial charge in [0.25, 0.3) is 0 Å². The van der Waals surface area contributed by atoms with Crippen LogP contribution in [0.3, 0.4) is 0 Å². The molecule has 4 nitrogen and oxygen atoms in total. The lowest BCUT2D eigenvalue weighted by Crippen LogP contribution is -2.44. The second-order valence-corrected chi connectivity index (χ2v) is 8.25. The van der Waals surface area contributed by atoms with Gasteiger partial charge in [-0.3, -0.25) is 0 Å². The maximum absolute atomic E-state index is 9.77. The average molecular weight is 322 g/mol. The van der Waals surface area contributed by atoms with Crippen LogP contribution >= 0.6 is 0 Å². The van der Waals surface area contributed by atoms with Crippen molar-refractivity contribution in [2.45, 2.75) is 47.5 Å². The molecule has 2 aliphatic rings. The van der Waals surface area contributed by atoms with E-state index in [0.717, 1.165) is 25.2 Å². The molecule has 2 atom stereocenters. The first kappa shape index (κ1) is 18.1. The Hall–Kier alpha value is -2.25. The van der Waals surface area contributed by atoms with Gasteiger partial charge in [-0.25, -0.2) is 0 Å². The van der Waals surface area contributed by atoms with Crippen molar-refractivity contribution >= 4 is 0 Å². The zero-order valence-electron chi connectivity index (χ0n) is 15.3. The molecule has 2 unspecified atom stereocenters. The molecule has 4 heteroatoms. The maximum Gasteiger partial charge on any atom is 0.134 e. The van der Waals surface area contributed by atoms with Crippen LogP contribution in [0.5, 0.6) is 0 Å². The van der Waals surface area contributed by atoms with Gasteiger partial charge in [0.05, 0.1) is 5.57 Å². The minimum Gasteiger partial charge on any atom is -0.373 e. The van der Waals surface area contributed by atoms with E-state index >= 15 is 0 Å². The van der Waals surface area contributed by atoms with Crippen molar-refractivity contribution < 1.29 is 0 Å². The van der Waals surface area contributed by atoms with Gasteiger partial charge in [-0.05, 0) is 36.0 Å². The molecule has 1 heterocycles. The Morgan fingerprint density at radius 2 is 1.54 bits per heavy atom. The first-order chi connectivity index (χ1) is 11.2. The van der Waals surface area contributed by atoms with E-state index in [4.69, 9.17) is 0 Å². The number of allylic oxidation sites excluding steroid dienone is 4. The van der Waals surface area contributed by atoms with Crippen LogP contribution in [-0.4, -0.2) is 18.0 Å². The third-order valence-electron chi connectivity index (χ3n) is 5.72. The highest BCUT2D eigenvalue weighted by Crippen LogP contribution is 2.45. The summed E-state index contributed by atoms with van der Waals surface area (Å²) in [6.45, 7) is 13.0. The predicted octanol–water partition coefficient (Wildman–Crippen LogP) is 4.15. The molecule has 0 amide bonds. The van der Waals surface area contributed by atoms with Gasteiger partial charge in [-0.2, -0.15) is 15.8 Å². The van der Waals surface area contributed by atoms with Crippen LogP contribution in [0.25, 0.3) is 0 Å². The standard InChI is InChI=1S/C20H26N4/c1-13-11-24(12-14(2)15(13)3)19-7-20(4,5)6-17(18(19)10-23)16(8-21)9-22/h13-15H,6-7,11-12H2,1-5H3. The Kier molecular flexibility index (Phi) is 5.05. The first-order valence-corrected chi connectivity index (χ1v) is 8.66. The van der Waals surface area contributed by atoms with Crippen LogP contribution in [-0.2, 0) is 0 Å². The molecular formula is C20H26N4. The molecule has 24 heavy (non-hydrogen) atoms. The lowest BCUT2D eigenvalue weighted by atomic mass is 9.71. The molecule has 0 aromatic rings. The summed E-state index contributed by atoms with van der Waals surface area (Å²) in [7, 11) is 0. The van der Waals surface area contributed by atoms with Gasteiger partial charge in [-0.15, -0.1) is 0 Å². The molecule has 126 valence electrons. The fourth-order valence-electron chi connectivity index (χ4n) is 4.00. The van der Waals surface area contributed by atoms with Gasteiger partial charge in [-0.1, -0.05) is 34.6 Å². The summed E-state index contributed by atoms with van der Waals surface area (Å²) in [6, 6.07) is 6.28. The lowest BCUT2D eigenvalue weighted by Gasteiger charge is -2.45. The number of nitriles is 3. The smallest absolute Gasteiger partial charge is 0.134 e. The van der Waals surface area contributed by atoms with Crippen molar-refractivity contribution in [3.05, 3.63) is 22.4 Å². The Bertz CT molecular complexity index is 677. The second-order valence-electron chi connectivity index (χ2n) is 8.25. The molecule has 0 aromatic heterocycles. The van der Waals surface area contributed by atoms with Crippen LogP contribution < -0.4 is 0 Å². The molecule has 0 N–H and O–H groups in total. The molecule has 0 aromatic carbocycles. The molecule has 1 aliphatic heterocycles. The number of nitrogens with zero attached hydrogens (tertiary/aromatic N) is 4. The van der Waals surface area contributed by atoms with Crippen LogP contribution in [0.15, 0.2) is 22.4 Å². The fraction of sp³-hybridized carbons (Fsp3) is 0.650. The van der Waals surface area contributed by atoms with Gasteiger partial charge in [0.2, 0.25) is 0 Å². The average Bonchev–Trinajstić information content (AvgIpc) is 2.52. The highest BCUT2D eigenvalue weighted by molar-refractivity contribution is 5.57. The van der Waals surface area contributed by atoms with Crippen molar-refractivity contribution in [1.29, 1.82) is 15.8 Å². The van der Waals surface area contributed by atoms with Crippen LogP contribution in [0.2, 0.25) is 0 Å². The summed E-state index contributed by atoms with van der Waals surface area (Å²) in [6.07, 6.45) is 1.42. The Labute approximate surface area is 145 Å². The largest absolute Gasteiger partial charge is 0.373 e. The molecule has 0 spiro atoms. The Morgan fingerprint density at radius 3 is 2.00 bits per heavy atom. The summed E-state index contributed by atoms with van der Waals surface area (Å²) in [5.74, 6) is 1.78. The molecule has 1 saturated heterocycles. The number of rotatable bonds is 1. The van der Waals surface area contributed by atoms with Crippen molar-refractivity contribution in [3.8, 4) is 18.2 Å². The Morgan fingerprint density at radius 1 is 1.00 bits per heavy atom. The number of hydrogen-bond acceptors (Lipinski definition) is 4. The number of piperidine rings is 1. The van der Waals surface area contributed by atoms with E-state index in [-0.39, 0.29) is 11.0 Å². The van der Waals surface area contributed by atoms with Crippen LogP contribution in [0.4, 0.5) is 0 Å². The SMILES string of the molecule is CC1CN(C2=C(C#N)C(=C(C#N)C#N)CC(C)(C)C2)CC(C)C1C. The van der Waals surface area contributed by atoms with Gasteiger partial charge >= 0.3 is 0 Å². The van der Waals surface area contributed by atoms with E-state index in [1.807, 2.05) is 12.1 Å². The van der Waals surface area contributed by atoms with E-state index in [0.29, 0.717) is 35.3 Å². The van der Waals surface area contributed by atoms with Crippen molar-refractivity contribution in [2.75, 3.05) is 13.1 Å². The van der Waals surface area contributed by atoms with Crippen molar-refractivity contribution in [1.82, 2.24) is 4.90 Å². The van der Waals surface area contributed by atoms with Crippen molar-refractivity contribution in [3.63, 3.8) is 0 Å². The zero-order chi connectivity index (χ0) is 18.1. The molecule has 1 aliphatic carbocycles. The summed E-state index contributed by atoms with van der Waals surface area (Å²) < 4.78 is 0. The summed E-state index contributed by atoms with van der Waals surface area (Å²) in [5, 5.41) is 28.4. The van der Waals surface area contributed by atoms with E-state index in [2.05, 4.69) is 45.6 Å². The zero-order valence-corrected chi connectivity index (χ0v) is 15.3. The highest BCUT2D eigenvalue weighted by atomic mass is 15.2. The van der Waals surface area contributed by atoms with Crippen LogP contribution in [0.1, 0.15) is 47.5 Å². The maximum atomic E-state index is 9.77. The number of likely N-dealkylation sites (tertiary alicyclic amines) is 1. The highest BCUT2D eigenvalue weighted by Gasteiger charge is 2.37. The summed E-state index contributed by atoms with van der Waals surface area (Å²) in [5.41, 5.74) is 2.24. The lowest BCUT2D eigenvalue weighted by molar-refractivity contribution is 0.103. The molecule has 0 saturated carbocycles. The minimum atomic E-state index is -0.0560. The van der Waals surface area contributed by atoms with Crippen LogP contribution in [0, 0.1) is 57.2 Å². The van der Waals surface area contributed by atoms with Gasteiger partial charge in [0, 0.05) is 24.4 Å². The molecule has 1 fully saturated rings. The first-order valence-electron chi connectivity index (χ1n) is 8.66. The van der Waals surface area contributed by atoms with Gasteiger partial charge < -0.3 is 4.90 Å². The molecule has 0 radical (unpaired) electrons. The Balaban J connectivity index is 2.57. The minimum absolute atomic E-state index is 0.0560. The normalized spacial score (nSPS) is 29.5. The van der Waals surface area contributed by atoms with E-state index in [1.54, 1.807) is 0 Å². The summed E-state index contributed by atoms with van der Waals surface area (Å²) >= 11 is 0. The third-order valence-corrected chi connectivity index (χ3v) is 5.72.